The van der Waals surface area contributed by atoms with Crippen molar-refractivity contribution in [2.24, 2.45) is 0 Å². The molecule has 0 aromatic heterocycles. The van der Waals surface area contributed by atoms with Crippen molar-refractivity contribution in [1.29, 1.82) is 0 Å². The molecule has 120 valence electrons. The summed E-state index contributed by atoms with van der Waals surface area (Å²) < 4.78 is 21.9. The Morgan fingerprint density at radius 2 is 1.60 bits per heavy atom. The van der Waals surface area contributed by atoms with E-state index in [4.69, 9.17) is 29.8 Å². The zero-order valence-electron chi connectivity index (χ0n) is 10.2. The molecule has 0 fully saturated rings. The molecule has 1 amide bonds. The van der Waals surface area contributed by atoms with Crippen LogP contribution in [0.15, 0.2) is 0 Å². The van der Waals surface area contributed by atoms with Crippen LogP contribution >= 0.6 is 15.2 Å². The lowest BCUT2D eigenvalue weighted by atomic mass is 10.3. The highest BCUT2D eigenvalue weighted by Gasteiger charge is 2.58. The van der Waals surface area contributed by atoms with Crippen molar-refractivity contribution in [2.45, 2.75) is 24.0 Å². The van der Waals surface area contributed by atoms with E-state index in [1.165, 1.54) is 0 Å². The summed E-state index contributed by atoms with van der Waals surface area (Å²) in [6.45, 7) is -1.15. The van der Waals surface area contributed by atoms with Gasteiger partial charge in [0.15, 0.2) is 6.10 Å². The Balaban J connectivity index is 4.58. The van der Waals surface area contributed by atoms with Gasteiger partial charge in [0.25, 0.3) is 11.0 Å². The van der Waals surface area contributed by atoms with Gasteiger partial charge in [-0.1, -0.05) is 0 Å². The van der Waals surface area contributed by atoms with Crippen LogP contribution in [0.1, 0.15) is 12.8 Å². The van der Waals surface area contributed by atoms with Crippen LogP contribution in [0.25, 0.3) is 0 Å². The normalized spacial score (nSPS) is 14.9. The minimum absolute atomic E-state index is 0.321. The van der Waals surface area contributed by atoms with E-state index in [0.29, 0.717) is 0 Å². The molecule has 0 saturated carbocycles. The minimum Gasteiger partial charge on any atom is -0.393 e. The molecule has 0 aliphatic carbocycles. The van der Waals surface area contributed by atoms with Crippen LogP contribution in [-0.2, 0) is 13.9 Å². The van der Waals surface area contributed by atoms with Gasteiger partial charge in [0.2, 0.25) is 0 Å². The average molecular weight is 337 g/mol. The van der Waals surface area contributed by atoms with Crippen LogP contribution in [-0.4, -0.2) is 65.1 Å². The average Bonchev–Trinajstić information content (AvgIpc) is 2.29. The molecule has 0 bridgehead atoms. The standard InChI is InChI=1S/C7H17NO10P2/c9-4-5(10)6(11)8-3-1-2-7(12,19(13,14)15)20(16,17)18/h5,9-10,12H,1-4H2,(H,8,11)(H2,13,14,15)(H2,16,17,18). The Labute approximate surface area is 113 Å². The molecule has 11 nitrogen and oxygen atoms in total. The fourth-order valence-corrected chi connectivity index (χ4v) is 3.46. The summed E-state index contributed by atoms with van der Waals surface area (Å²) in [6, 6.07) is 0. The fraction of sp³-hybridized carbons (Fsp3) is 0.857. The largest absolute Gasteiger partial charge is 0.393 e. The number of carbonyl (C=O) groups excluding carboxylic acids is 1. The van der Waals surface area contributed by atoms with Crippen LogP contribution in [0.5, 0.6) is 0 Å². The molecule has 0 spiro atoms. The van der Waals surface area contributed by atoms with E-state index in [-0.39, 0.29) is 13.0 Å². The minimum atomic E-state index is -5.51. The van der Waals surface area contributed by atoms with Gasteiger partial charge in [-0.2, -0.15) is 0 Å². The molecule has 0 rings (SSSR count). The summed E-state index contributed by atoms with van der Waals surface area (Å²) in [5.74, 6) is -0.969. The maximum absolute atomic E-state index is 11.0. The monoisotopic (exact) mass is 337 g/mol. The second-order valence-electron chi connectivity index (χ2n) is 3.96. The number of nitrogens with one attached hydrogen (secondary N) is 1. The van der Waals surface area contributed by atoms with Crippen molar-refractivity contribution in [3.8, 4) is 0 Å². The third-order valence-electron chi connectivity index (χ3n) is 2.40. The molecule has 1 atom stereocenters. The second kappa shape index (κ2) is 7.08. The van der Waals surface area contributed by atoms with Crippen molar-refractivity contribution in [2.75, 3.05) is 13.2 Å². The topological polar surface area (TPSA) is 205 Å². The van der Waals surface area contributed by atoms with Crippen LogP contribution in [0, 0.1) is 0 Å². The van der Waals surface area contributed by atoms with E-state index < -0.39 is 45.3 Å². The lowest BCUT2D eigenvalue weighted by Crippen LogP contribution is -2.38. The van der Waals surface area contributed by atoms with Crippen molar-refractivity contribution in [1.82, 2.24) is 5.32 Å². The van der Waals surface area contributed by atoms with E-state index in [1.807, 2.05) is 5.32 Å². The SMILES string of the molecule is O=C(NCCCC(O)(P(=O)(O)O)P(=O)(O)O)C(O)CO. The van der Waals surface area contributed by atoms with Crippen molar-refractivity contribution in [3.63, 3.8) is 0 Å². The van der Waals surface area contributed by atoms with Gasteiger partial charge in [-0.25, -0.2) is 0 Å². The first kappa shape index (κ1) is 19.7. The van der Waals surface area contributed by atoms with Crippen LogP contribution in [0.2, 0.25) is 0 Å². The lowest BCUT2D eigenvalue weighted by Gasteiger charge is -2.29. The number of carbonyl (C=O) groups is 1. The van der Waals surface area contributed by atoms with Gasteiger partial charge in [-0.3, -0.25) is 13.9 Å². The van der Waals surface area contributed by atoms with E-state index in [1.54, 1.807) is 0 Å². The molecule has 20 heavy (non-hydrogen) atoms. The van der Waals surface area contributed by atoms with Gasteiger partial charge in [0, 0.05) is 13.0 Å². The molecule has 8 N–H and O–H groups in total. The van der Waals surface area contributed by atoms with E-state index in [9.17, 15) is 19.0 Å². The first-order chi connectivity index (χ1) is 8.87. The molecule has 0 heterocycles. The Morgan fingerprint density at radius 3 is 1.95 bits per heavy atom. The third-order valence-corrected chi connectivity index (χ3v) is 6.27. The summed E-state index contributed by atoms with van der Waals surface area (Å²) in [4.78, 5) is 46.3. The van der Waals surface area contributed by atoms with E-state index in [2.05, 4.69) is 0 Å². The second-order valence-corrected chi connectivity index (χ2v) is 7.96. The smallest absolute Gasteiger partial charge is 0.369 e. The van der Waals surface area contributed by atoms with Gasteiger partial charge >= 0.3 is 15.2 Å². The van der Waals surface area contributed by atoms with Crippen molar-refractivity contribution in [3.05, 3.63) is 0 Å². The van der Waals surface area contributed by atoms with Crippen molar-refractivity contribution >= 4 is 21.1 Å². The van der Waals surface area contributed by atoms with E-state index >= 15 is 0 Å². The number of amides is 1. The zero-order chi connectivity index (χ0) is 16.2. The third kappa shape index (κ3) is 4.88. The van der Waals surface area contributed by atoms with Crippen LogP contribution in [0.3, 0.4) is 0 Å². The zero-order valence-corrected chi connectivity index (χ0v) is 11.9. The molecular weight excluding hydrogens is 320 g/mol. The summed E-state index contributed by atoms with van der Waals surface area (Å²) >= 11 is 0. The summed E-state index contributed by atoms with van der Waals surface area (Å²) in [5.41, 5.74) is 0. The molecule has 13 heteroatoms. The number of aliphatic hydroxyl groups excluding tert-OH is 2. The van der Waals surface area contributed by atoms with Crippen molar-refractivity contribution < 1.29 is 48.8 Å². The molecular formula is C7H17NO10P2. The predicted octanol–water partition coefficient (Wildman–Crippen LogP) is -2.76. The first-order valence-electron chi connectivity index (χ1n) is 5.27. The summed E-state index contributed by atoms with van der Waals surface area (Å²) in [5, 5.41) is 25.3. The Kier molecular flexibility index (Phi) is 6.95. The molecule has 0 aromatic rings. The maximum Gasteiger partial charge on any atom is 0.369 e. The van der Waals surface area contributed by atoms with Gasteiger partial charge in [-0.15, -0.1) is 0 Å². The highest BCUT2D eigenvalue weighted by Crippen LogP contribution is 2.69. The Morgan fingerprint density at radius 1 is 1.15 bits per heavy atom. The van der Waals surface area contributed by atoms with Crippen LogP contribution in [0.4, 0.5) is 0 Å². The molecule has 0 aliphatic rings. The number of aliphatic hydroxyl groups is 3. The summed E-state index contributed by atoms with van der Waals surface area (Å²) in [7, 11) is -11.0. The molecule has 1 unspecified atom stereocenters. The van der Waals surface area contributed by atoms with Crippen LogP contribution < -0.4 is 5.32 Å². The van der Waals surface area contributed by atoms with E-state index in [0.717, 1.165) is 0 Å². The summed E-state index contributed by atoms with van der Waals surface area (Å²) in [6.07, 6.45) is -3.04. The quantitative estimate of drug-likeness (QED) is 0.169. The highest BCUT2D eigenvalue weighted by molar-refractivity contribution is 7.72. The maximum atomic E-state index is 11.0. The number of hydrogen-bond acceptors (Lipinski definition) is 6. The first-order valence-corrected chi connectivity index (χ1v) is 8.49. The van der Waals surface area contributed by atoms with Gasteiger partial charge in [0.1, 0.15) is 0 Å². The van der Waals surface area contributed by atoms with Gasteiger partial charge < -0.3 is 40.2 Å². The number of hydrogen-bond donors (Lipinski definition) is 8. The molecule has 0 radical (unpaired) electrons. The molecule has 0 aromatic carbocycles. The molecule has 0 saturated heterocycles. The molecule has 0 aliphatic heterocycles. The van der Waals surface area contributed by atoms with Gasteiger partial charge in [-0.05, 0) is 6.42 Å². The Hall–Kier alpha value is -0.350. The predicted molar refractivity (Wildman–Crippen MR) is 64.4 cm³/mol. The number of rotatable bonds is 8. The highest BCUT2D eigenvalue weighted by atomic mass is 31.2. The lowest BCUT2D eigenvalue weighted by molar-refractivity contribution is -0.131. The Bertz CT molecular complexity index is 405. The fourth-order valence-electron chi connectivity index (χ4n) is 1.20. The van der Waals surface area contributed by atoms with Gasteiger partial charge in [0.05, 0.1) is 6.61 Å².